The van der Waals surface area contributed by atoms with Crippen molar-refractivity contribution < 1.29 is 24.0 Å². The van der Waals surface area contributed by atoms with Gasteiger partial charge >= 0.3 is 0 Å². The van der Waals surface area contributed by atoms with Crippen LogP contribution >= 0.6 is 24.4 Å². The monoisotopic (exact) mass is 767 g/mol. The number of hydrazine groups is 1. The van der Waals surface area contributed by atoms with Gasteiger partial charge in [0.05, 0.1) is 17.3 Å². The summed E-state index contributed by atoms with van der Waals surface area (Å²) in [4.78, 5) is 70.1. The minimum Gasteiger partial charge on any atom is -0.298 e. The quantitative estimate of drug-likeness (QED) is 0.127. The number of fused-ring (bicyclic) bond motifs is 1. The minimum atomic E-state index is -0.748. The molecule has 284 valence electrons. The van der Waals surface area contributed by atoms with E-state index in [-0.39, 0.29) is 62.9 Å². The van der Waals surface area contributed by atoms with Gasteiger partial charge in [0, 0.05) is 16.5 Å². The Kier molecular flexibility index (Phi) is 9.70. The van der Waals surface area contributed by atoms with Crippen molar-refractivity contribution in [1.82, 2.24) is 26.4 Å². The Morgan fingerprint density at radius 1 is 0.796 bits per heavy atom. The van der Waals surface area contributed by atoms with Crippen LogP contribution in [0.25, 0.3) is 0 Å². The van der Waals surface area contributed by atoms with E-state index < -0.39 is 28.6 Å². The molecule has 1 aliphatic heterocycles. The van der Waals surface area contributed by atoms with E-state index in [4.69, 9.17) is 24.4 Å². The summed E-state index contributed by atoms with van der Waals surface area (Å²) in [6.45, 7) is 12.5. The second-order valence-electron chi connectivity index (χ2n) is 17.0. The molecule has 8 atom stereocenters. The lowest BCUT2D eigenvalue weighted by molar-refractivity contribution is -0.187. The molecule has 6 unspecified atom stereocenters. The summed E-state index contributed by atoms with van der Waals surface area (Å²) in [7, 11) is 0. The lowest BCUT2D eigenvalue weighted by Gasteiger charge is -2.68. The van der Waals surface area contributed by atoms with Gasteiger partial charge in [-0.2, -0.15) is 0 Å². The van der Waals surface area contributed by atoms with Crippen LogP contribution in [0.5, 0.6) is 0 Å². The highest BCUT2D eigenvalue weighted by Crippen LogP contribution is 2.74. The van der Waals surface area contributed by atoms with Crippen LogP contribution in [-0.2, 0) is 14.4 Å². The van der Waals surface area contributed by atoms with Gasteiger partial charge in [-0.15, -0.1) is 0 Å². The summed E-state index contributed by atoms with van der Waals surface area (Å²) in [6, 6.07) is 14.2. The molecule has 4 N–H and O–H groups in total. The maximum atomic E-state index is 14.6. The first-order valence-corrected chi connectivity index (χ1v) is 19.8. The van der Waals surface area contributed by atoms with Crippen LogP contribution in [0.3, 0.4) is 0 Å². The van der Waals surface area contributed by atoms with Crippen molar-refractivity contribution in [3.63, 3.8) is 0 Å². The molecule has 0 radical (unpaired) electrons. The Morgan fingerprint density at radius 3 is 1.98 bits per heavy atom. The highest BCUT2D eigenvalue weighted by Gasteiger charge is 2.73. The maximum Gasteiger partial charge on any atom is 0.257 e. The first kappa shape index (κ1) is 38.0. The Hall–Kier alpha value is -4.29. The first-order valence-electron chi connectivity index (χ1n) is 19.0. The van der Waals surface area contributed by atoms with Crippen LogP contribution in [-0.4, -0.2) is 44.7 Å². The maximum absolute atomic E-state index is 14.6. The predicted molar refractivity (Wildman–Crippen MR) is 212 cm³/mol. The van der Waals surface area contributed by atoms with Gasteiger partial charge in [0.1, 0.15) is 0 Å². The third-order valence-corrected chi connectivity index (χ3v) is 14.2. The van der Waals surface area contributed by atoms with Crippen LogP contribution in [0, 0.1) is 65.6 Å². The zero-order valence-electron chi connectivity index (χ0n) is 31.7. The summed E-state index contributed by atoms with van der Waals surface area (Å²) in [5, 5.41) is 5.15. The van der Waals surface area contributed by atoms with Gasteiger partial charge in [-0.05, 0) is 124 Å². The lowest BCUT2D eigenvalue weighted by Crippen LogP contribution is -2.66. The van der Waals surface area contributed by atoms with Crippen molar-refractivity contribution in [3.8, 4) is 0 Å². The summed E-state index contributed by atoms with van der Waals surface area (Å²) in [5.74, 6) is -2.74. The van der Waals surface area contributed by atoms with E-state index in [1.807, 2.05) is 45.0 Å². The number of hydrogen-bond donors (Lipinski definition) is 4. The number of thiocarbonyl (C=S) groups is 2. The van der Waals surface area contributed by atoms with Gasteiger partial charge in [-0.3, -0.25) is 45.5 Å². The molecule has 2 aromatic rings. The molecule has 12 heteroatoms. The van der Waals surface area contributed by atoms with E-state index in [1.54, 1.807) is 24.3 Å². The van der Waals surface area contributed by atoms with Gasteiger partial charge in [0.25, 0.3) is 11.8 Å². The molecule has 1 heterocycles. The summed E-state index contributed by atoms with van der Waals surface area (Å²) < 4.78 is 0. The molecule has 2 bridgehead atoms. The van der Waals surface area contributed by atoms with Crippen LogP contribution in [0.15, 0.2) is 60.2 Å². The van der Waals surface area contributed by atoms with E-state index in [0.717, 1.165) is 35.3 Å². The molecule has 4 fully saturated rings. The molecule has 10 nitrogen and oxygen atoms in total. The third-order valence-electron chi connectivity index (χ3n) is 13.8. The van der Waals surface area contributed by atoms with Crippen molar-refractivity contribution >= 4 is 64.2 Å². The van der Waals surface area contributed by atoms with Crippen LogP contribution < -0.4 is 21.5 Å². The number of carbonyl (C=O) groups excluding carboxylic acids is 5. The second-order valence-corrected chi connectivity index (χ2v) is 17.8. The van der Waals surface area contributed by atoms with Crippen LogP contribution in [0.2, 0.25) is 0 Å². The van der Waals surface area contributed by atoms with Gasteiger partial charge in [-0.25, -0.2) is 4.90 Å². The molecule has 8 rings (SSSR count). The number of rotatable bonds is 4. The number of hydrogen-bond acceptors (Lipinski definition) is 7. The zero-order valence-corrected chi connectivity index (χ0v) is 33.3. The van der Waals surface area contributed by atoms with E-state index in [1.165, 1.54) is 5.57 Å². The molecule has 0 aromatic heterocycles. The van der Waals surface area contributed by atoms with E-state index in [9.17, 15) is 24.0 Å². The number of likely N-dealkylation sites (tertiary alicyclic amines) is 1. The fourth-order valence-electron chi connectivity index (χ4n) is 11.3. The van der Waals surface area contributed by atoms with Crippen molar-refractivity contribution in [3.05, 3.63) is 82.4 Å². The fourth-order valence-corrected chi connectivity index (χ4v) is 11.7. The molecule has 3 saturated carbocycles. The fraction of sp³-hybridized carbons (Fsp3) is 0.500. The topological polar surface area (TPSA) is 137 Å². The number of carbonyl (C=O) groups is 5. The average Bonchev–Trinajstić information content (AvgIpc) is 3.41. The Labute approximate surface area is 327 Å². The number of aryl methyl sites for hydroxylation is 2. The van der Waals surface area contributed by atoms with Crippen molar-refractivity contribution in [2.45, 2.75) is 80.1 Å². The Bertz CT molecular complexity index is 2000. The number of benzene rings is 2. The number of nitrogens with one attached hydrogen (secondary N) is 4. The smallest absolute Gasteiger partial charge is 0.257 e. The average molecular weight is 768 g/mol. The third kappa shape index (κ3) is 6.00. The highest BCUT2D eigenvalue weighted by atomic mass is 32.1. The number of allylic oxidation sites excluding steroid dienone is 2. The summed E-state index contributed by atoms with van der Waals surface area (Å²) >= 11 is 11.0. The number of nitrogens with zero attached hydrogens (tertiary/aromatic N) is 1. The minimum absolute atomic E-state index is 0.00113. The van der Waals surface area contributed by atoms with E-state index in [0.29, 0.717) is 30.4 Å². The van der Waals surface area contributed by atoms with Gasteiger partial charge in [0.2, 0.25) is 17.7 Å². The molecule has 5 amide bonds. The van der Waals surface area contributed by atoms with Crippen molar-refractivity contribution in [1.29, 1.82) is 0 Å². The molecule has 5 aliphatic carbocycles. The van der Waals surface area contributed by atoms with Crippen LogP contribution in [0.4, 0.5) is 0 Å². The number of imide groups is 1. The summed E-state index contributed by atoms with van der Waals surface area (Å²) in [6.07, 6.45) is 6.85. The summed E-state index contributed by atoms with van der Waals surface area (Å²) in [5.41, 5.74) is 8.06. The molecule has 1 spiro atoms. The van der Waals surface area contributed by atoms with Gasteiger partial charge < -0.3 is 0 Å². The first-order chi connectivity index (χ1) is 25.5. The second kappa shape index (κ2) is 13.8. The van der Waals surface area contributed by atoms with Gasteiger partial charge in [-0.1, -0.05) is 81.2 Å². The van der Waals surface area contributed by atoms with Gasteiger partial charge in [0.15, 0.2) is 10.2 Å². The molecule has 54 heavy (non-hydrogen) atoms. The van der Waals surface area contributed by atoms with E-state index >= 15 is 0 Å². The molecule has 2 aromatic carbocycles. The SMILES string of the molecule is Cc1ccc(C(=O)NC(=S)NNC(=O)[C@]2(C)CCC[C@]3(C)C4CC5C(C(C)C)=CC4(CCC32)C2C(=O)N(C(=S)NC(=O)c3ccc(C)cc3)C(=O)C52)cc1. The number of amides is 5. The van der Waals surface area contributed by atoms with Crippen LogP contribution in [0.1, 0.15) is 98.1 Å². The molecular weight excluding hydrogens is 719 g/mol. The largest absolute Gasteiger partial charge is 0.298 e. The van der Waals surface area contributed by atoms with Crippen molar-refractivity contribution in [2.24, 2.45) is 51.8 Å². The Balaban J connectivity index is 1.12. The lowest BCUT2D eigenvalue weighted by atomic mass is 9.34. The standard InChI is InChI=1S/C42H49N5O5S2/c1-22(2)28-21-42-19-16-29-40(5,17-7-18-41(29,6)37(52)45-46-38(53)43-33(48)25-12-8-23(3)9-13-25)30(42)20-27(28)31-32(42)36(51)47(35(31)50)39(54)44-34(49)26-14-10-24(4)11-15-26/h8-15,21-22,27,29-32H,7,16-20H2,1-6H3,(H,45,52)(H,44,49,54)(H2,43,46,48,53)/t27?,29?,30?,31?,32?,40-,41+,42?/m0/s1. The highest BCUT2D eigenvalue weighted by molar-refractivity contribution is 7.80. The molecular formula is C42H49N5O5S2. The Morgan fingerprint density at radius 2 is 1.39 bits per heavy atom. The molecule has 1 saturated heterocycles. The predicted octanol–water partition coefficient (Wildman–Crippen LogP) is 6.08. The normalized spacial score (nSPS) is 32.2. The molecule has 6 aliphatic rings. The zero-order chi connectivity index (χ0) is 38.9. The van der Waals surface area contributed by atoms with Crippen molar-refractivity contribution in [2.75, 3.05) is 0 Å². The van der Waals surface area contributed by atoms with E-state index in [2.05, 4.69) is 48.3 Å².